The zero-order valence-corrected chi connectivity index (χ0v) is 14.6. The number of rotatable bonds is 6. The summed E-state index contributed by atoms with van der Waals surface area (Å²) in [5, 5.41) is 8.60. The molecule has 0 unspecified atom stereocenters. The molecular formula is C18H16N2O4S. The summed E-state index contributed by atoms with van der Waals surface area (Å²) in [5.74, 6) is 1.55. The zero-order valence-electron chi connectivity index (χ0n) is 13.8. The number of thioether (sulfide) groups is 1. The van der Waals surface area contributed by atoms with E-state index < -0.39 is 0 Å². The second-order valence-electron chi connectivity index (χ2n) is 5.08. The van der Waals surface area contributed by atoms with Gasteiger partial charge in [-0.1, -0.05) is 23.9 Å². The van der Waals surface area contributed by atoms with E-state index in [9.17, 15) is 4.79 Å². The van der Waals surface area contributed by atoms with Gasteiger partial charge in [-0.15, -0.1) is 10.2 Å². The first-order chi connectivity index (χ1) is 12.2. The van der Waals surface area contributed by atoms with Crippen molar-refractivity contribution in [3.8, 4) is 17.2 Å². The Kier molecular flexibility index (Phi) is 5.35. The highest BCUT2D eigenvalue weighted by molar-refractivity contribution is 7.98. The Morgan fingerprint density at radius 3 is 2.40 bits per heavy atom. The number of hydrogen-bond acceptors (Lipinski definition) is 7. The quantitative estimate of drug-likeness (QED) is 0.491. The predicted octanol–water partition coefficient (Wildman–Crippen LogP) is 3.82. The zero-order chi connectivity index (χ0) is 17.6. The third kappa shape index (κ3) is 4.19. The van der Waals surface area contributed by atoms with Crippen LogP contribution in [0.3, 0.4) is 0 Å². The van der Waals surface area contributed by atoms with Crippen molar-refractivity contribution in [2.45, 2.75) is 11.0 Å². The highest BCUT2D eigenvalue weighted by Gasteiger charge is 2.10. The standard InChI is InChI=1S/C18H16N2O4S/c1-22-15-9-7-13(8-10-15)16-19-20-18(24-16)25-11-12-3-5-14(6-4-12)17(21)23-2/h3-10H,11H2,1-2H3. The molecule has 0 N–H and O–H groups in total. The summed E-state index contributed by atoms with van der Waals surface area (Å²) in [4.78, 5) is 11.4. The van der Waals surface area contributed by atoms with Gasteiger partial charge in [-0.3, -0.25) is 0 Å². The molecule has 0 bridgehead atoms. The van der Waals surface area contributed by atoms with Gasteiger partial charge in [-0.2, -0.15) is 0 Å². The molecule has 0 saturated carbocycles. The Labute approximate surface area is 149 Å². The van der Waals surface area contributed by atoms with Crippen molar-refractivity contribution in [1.29, 1.82) is 0 Å². The topological polar surface area (TPSA) is 74.5 Å². The Hall–Kier alpha value is -2.80. The lowest BCUT2D eigenvalue weighted by Crippen LogP contribution is -2.00. The van der Waals surface area contributed by atoms with E-state index in [1.807, 2.05) is 36.4 Å². The van der Waals surface area contributed by atoms with Crippen LogP contribution in [0, 0.1) is 0 Å². The van der Waals surface area contributed by atoms with E-state index in [-0.39, 0.29) is 5.97 Å². The Balaban J connectivity index is 1.62. The molecule has 6 nitrogen and oxygen atoms in total. The van der Waals surface area contributed by atoms with E-state index in [1.165, 1.54) is 18.9 Å². The number of methoxy groups -OCH3 is 2. The molecule has 7 heteroatoms. The third-order valence-electron chi connectivity index (χ3n) is 3.48. The Bertz CT molecular complexity index is 844. The van der Waals surface area contributed by atoms with Gasteiger partial charge < -0.3 is 13.9 Å². The highest BCUT2D eigenvalue weighted by atomic mass is 32.2. The van der Waals surface area contributed by atoms with Crippen LogP contribution in [0.5, 0.6) is 5.75 Å². The van der Waals surface area contributed by atoms with Crippen LogP contribution in [-0.2, 0) is 10.5 Å². The van der Waals surface area contributed by atoms with Gasteiger partial charge in [0.05, 0.1) is 19.8 Å². The SMILES string of the molecule is COC(=O)c1ccc(CSc2nnc(-c3ccc(OC)cc3)o2)cc1. The number of ether oxygens (including phenoxy) is 2. The van der Waals surface area contributed by atoms with E-state index in [0.717, 1.165) is 16.9 Å². The maximum Gasteiger partial charge on any atom is 0.337 e. The summed E-state index contributed by atoms with van der Waals surface area (Å²) < 4.78 is 15.5. The normalized spacial score (nSPS) is 10.5. The monoisotopic (exact) mass is 356 g/mol. The molecule has 0 aliphatic carbocycles. The number of benzene rings is 2. The third-order valence-corrected chi connectivity index (χ3v) is 4.37. The van der Waals surface area contributed by atoms with Crippen molar-refractivity contribution in [2.24, 2.45) is 0 Å². The average Bonchev–Trinajstić information content (AvgIpc) is 3.15. The molecule has 1 aromatic heterocycles. The van der Waals surface area contributed by atoms with Gasteiger partial charge in [0.25, 0.3) is 5.22 Å². The minimum Gasteiger partial charge on any atom is -0.497 e. The summed E-state index contributed by atoms with van der Waals surface area (Å²) >= 11 is 1.44. The van der Waals surface area contributed by atoms with E-state index in [1.54, 1.807) is 19.2 Å². The fourth-order valence-corrected chi connectivity index (χ4v) is 2.84. The molecule has 0 fully saturated rings. The first kappa shape index (κ1) is 17.0. The van der Waals surface area contributed by atoms with Crippen molar-refractivity contribution in [3.63, 3.8) is 0 Å². The lowest BCUT2D eigenvalue weighted by molar-refractivity contribution is 0.0600. The molecule has 0 spiro atoms. The van der Waals surface area contributed by atoms with Crippen LogP contribution < -0.4 is 4.74 Å². The van der Waals surface area contributed by atoms with Crippen molar-refractivity contribution in [1.82, 2.24) is 10.2 Å². The Morgan fingerprint density at radius 1 is 1.04 bits per heavy atom. The number of carbonyl (C=O) groups excluding carboxylic acids is 1. The van der Waals surface area contributed by atoms with E-state index >= 15 is 0 Å². The maximum absolute atomic E-state index is 11.4. The van der Waals surface area contributed by atoms with Gasteiger partial charge >= 0.3 is 5.97 Å². The van der Waals surface area contributed by atoms with Crippen LogP contribution >= 0.6 is 11.8 Å². The molecule has 25 heavy (non-hydrogen) atoms. The first-order valence-corrected chi connectivity index (χ1v) is 8.46. The van der Waals surface area contributed by atoms with Crippen LogP contribution in [0.25, 0.3) is 11.5 Å². The number of aromatic nitrogens is 2. The van der Waals surface area contributed by atoms with E-state index in [2.05, 4.69) is 14.9 Å². The van der Waals surface area contributed by atoms with E-state index in [4.69, 9.17) is 9.15 Å². The number of hydrogen-bond donors (Lipinski definition) is 0. The molecule has 128 valence electrons. The lowest BCUT2D eigenvalue weighted by Gasteiger charge is -2.01. The van der Waals surface area contributed by atoms with Gasteiger partial charge in [0.15, 0.2) is 0 Å². The van der Waals surface area contributed by atoms with Gasteiger partial charge in [0, 0.05) is 11.3 Å². The maximum atomic E-state index is 11.4. The minimum atomic E-state index is -0.347. The fraction of sp³-hybridized carbons (Fsp3) is 0.167. The molecule has 2 aromatic carbocycles. The van der Waals surface area contributed by atoms with Crippen LogP contribution in [0.4, 0.5) is 0 Å². The lowest BCUT2D eigenvalue weighted by atomic mass is 10.1. The molecule has 0 saturated heterocycles. The van der Waals surface area contributed by atoms with Crippen molar-refractivity contribution < 1.29 is 18.7 Å². The molecular weight excluding hydrogens is 340 g/mol. The second-order valence-corrected chi connectivity index (χ2v) is 6.01. The number of nitrogens with zero attached hydrogens (tertiary/aromatic N) is 2. The molecule has 0 aliphatic heterocycles. The Morgan fingerprint density at radius 2 is 1.76 bits per heavy atom. The van der Waals surface area contributed by atoms with Crippen LogP contribution in [-0.4, -0.2) is 30.4 Å². The smallest absolute Gasteiger partial charge is 0.337 e. The first-order valence-electron chi connectivity index (χ1n) is 7.47. The van der Waals surface area contributed by atoms with Crippen LogP contribution in [0.15, 0.2) is 58.2 Å². The second kappa shape index (κ2) is 7.85. The molecule has 0 aliphatic rings. The van der Waals surface area contributed by atoms with Gasteiger partial charge in [-0.05, 0) is 42.0 Å². The summed E-state index contributed by atoms with van der Waals surface area (Å²) in [6.45, 7) is 0. The summed E-state index contributed by atoms with van der Waals surface area (Å²) in [7, 11) is 2.98. The predicted molar refractivity (Wildman–Crippen MR) is 93.6 cm³/mol. The van der Waals surface area contributed by atoms with Crippen molar-refractivity contribution in [2.75, 3.05) is 14.2 Å². The summed E-state index contributed by atoms with van der Waals surface area (Å²) in [5.41, 5.74) is 2.40. The molecule has 0 radical (unpaired) electrons. The molecule has 0 amide bonds. The van der Waals surface area contributed by atoms with Gasteiger partial charge in [0.2, 0.25) is 5.89 Å². The molecule has 0 atom stereocenters. The van der Waals surface area contributed by atoms with Gasteiger partial charge in [0.1, 0.15) is 5.75 Å². The van der Waals surface area contributed by atoms with E-state index in [0.29, 0.717) is 22.4 Å². The average molecular weight is 356 g/mol. The molecule has 3 aromatic rings. The number of esters is 1. The highest BCUT2D eigenvalue weighted by Crippen LogP contribution is 2.26. The summed E-state index contributed by atoms with van der Waals surface area (Å²) in [6.07, 6.45) is 0. The van der Waals surface area contributed by atoms with Crippen LogP contribution in [0.1, 0.15) is 15.9 Å². The van der Waals surface area contributed by atoms with Crippen molar-refractivity contribution >= 4 is 17.7 Å². The minimum absolute atomic E-state index is 0.347. The summed E-state index contributed by atoms with van der Waals surface area (Å²) in [6, 6.07) is 14.6. The molecule has 3 rings (SSSR count). The largest absolute Gasteiger partial charge is 0.497 e. The molecule has 1 heterocycles. The van der Waals surface area contributed by atoms with Crippen molar-refractivity contribution in [3.05, 3.63) is 59.7 Å². The van der Waals surface area contributed by atoms with Gasteiger partial charge in [-0.25, -0.2) is 4.79 Å². The van der Waals surface area contributed by atoms with Crippen LogP contribution in [0.2, 0.25) is 0 Å². The fourth-order valence-electron chi connectivity index (χ4n) is 2.12. The number of carbonyl (C=O) groups is 1.